The Morgan fingerprint density at radius 2 is 2.09 bits per heavy atom. The van der Waals surface area contributed by atoms with Crippen molar-refractivity contribution >= 4 is 17.4 Å². The second-order valence-corrected chi connectivity index (χ2v) is 3.62. The van der Waals surface area contributed by atoms with Gasteiger partial charge in [-0.2, -0.15) is 0 Å². The zero-order valence-electron chi connectivity index (χ0n) is 6.09. The van der Waals surface area contributed by atoms with Gasteiger partial charge < -0.3 is 0 Å². The molecule has 0 bridgehead atoms. The van der Waals surface area contributed by atoms with E-state index in [1.165, 1.54) is 0 Å². The number of fused-ring (bicyclic) bond motifs is 1. The zero-order chi connectivity index (χ0) is 7.84. The van der Waals surface area contributed by atoms with Crippen molar-refractivity contribution in [1.29, 1.82) is 0 Å². The van der Waals surface area contributed by atoms with Crippen LogP contribution in [-0.2, 0) is 4.79 Å². The molecule has 0 aliphatic heterocycles. The maximum atomic E-state index is 11.0. The molecule has 0 heterocycles. The molecule has 2 aliphatic rings. The summed E-state index contributed by atoms with van der Waals surface area (Å²) in [5.41, 5.74) is 0. The second-order valence-electron chi connectivity index (χ2n) is 3.19. The van der Waals surface area contributed by atoms with Crippen molar-refractivity contribution in [3.8, 4) is 0 Å². The third-order valence-corrected chi connectivity index (χ3v) is 2.60. The molecule has 2 unspecified atom stereocenters. The number of carbonyl (C=O) groups is 1. The molecule has 1 saturated carbocycles. The van der Waals surface area contributed by atoms with E-state index in [0.717, 1.165) is 5.03 Å². The summed E-state index contributed by atoms with van der Waals surface area (Å²) in [6, 6.07) is 0. The molecule has 0 spiro atoms. The highest BCUT2D eigenvalue weighted by Crippen LogP contribution is 2.35. The molecule has 1 fully saturated rings. The zero-order valence-corrected chi connectivity index (χ0v) is 6.84. The first-order chi connectivity index (χ1) is 5.25. The monoisotopic (exact) mass is 168 g/mol. The maximum Gasteiger partial charge on any atom is 0.134 e. The Morgan fingerprint density at radius 3 is 2.91 bits per heavy atom. The first kappa shape index (κ1) is 7.11. The van der Waals surface area contributed by atoms with Crippen molar-refractivity contribution in [1.82, 2.24) is 0 Å². The van der Waals surface area contributed by atoms with Gasteiger partial charge in [-0.15, -0.1) is 0 Å². The SMILES string of the molecule is O=C1CC2C=CC(Cl)=CC2C1. The van der Waals surface area contributed by atoms with Gasteiger partial charge in [-0.05, 0) is 17.9 Å². The summed E-state index contributed by atoms with van der Waals surface area (Å²) in [5, 5.41) is 0.779. The first-order valence-electron chi connectivity index (χ1n) is 3.83. The Labute approximate surface area is 70.7 Å². The number of allylic oxidation sites excluding steroid dienone is 4. The predicted molar refractivity (Wildman–Crippen MR) is 44.3 cm³/mol. The highest BCUT2D eigenvalue weighted by atomic mass is 35.5. The van der Waals surface area contributed by atoms with Gasteiger partial charge in [-0.3, -0.25) is 4.79 Å². The molecule has 11 heavy (non-hydrogen) atoms. The number of carbonyl (C=O) groups excluding carboxylic acids is 1. The highest BCUT2D eigenvalue weighted by molar-refractivity contribution is 6.31. The van der Waals surface area contributed by atoms with Crippen LogP contribution in [0.1, 0.15) is 12.8 Å². The minimum atomic E-state index is 0.368. The van der Waals surface area contributed by atoms with Crippen LogP contribution in [0.15, 0.2) is 23.3 Å². The van der Waals surface area contributed by atoms with E-state index in [1.807, 2.05) is 12.2 Å². The summed E-state index contributed by atoms with van der Waals surface area (Å²) in [6.45, 7) is 0. The fraction of sp³-hybridized carbons (Fsp3) is 0.444. The lowest BCUT2D eigenvalue weighted by Gasteiger charge is -2.14. The van der Waals surface area contributed by atoms with Crippen molar-refractivity contribution in [3.63, 3.8) is 0 Å². The van der Waals surface area contributed by atoms with Gasteiger partial charge in [0, 0.05) is 17.9 Å². The van der Waals surface area contributed by atoms with Crippen LogP contribution in [0.3, 0.4) is 0 Å². The van der Waals surface area contributed by atoms with Gasteiger partial charge in [0.05, 0.1) is 0 Å². The topological polar surface area (TPSA) is 17.1 Å². The number of ketones is 1. The summed E-state index contributed by atoms with van der Waals surface area (Å²) >= 11 is 5.79. The van der Waals surface area contributed by atoms with Crippen LogP contribution in [0.4, 0.5) is 0 Å². The van der Waals surface area contributed by atoms with Gasteiger partial charge in [-0.1, -0.05) is 23.8 Å². The molecule has 0 saturated heterocycles. The molecule has 2 atom stereocenters. The number of hydrogen-bond acceptors (Lipinski definition) is 1. The van der Waals surface area contributed by atoms with Gasteiger partial charge in [0.2, 0.25) is 0 Å². The molecule has 0 radical (unpaired) electrons. The lowest BCUT2D eigenvalue weighted by Crippen LogP contribution is -2.04. The van der Waals surface area contributed by atoms with Crippen molar-refractivity contribution in [2.24, 2.45) is 11.8 Å². The van der Waals surface area contributed by atoms with E-state index < -0.39 is 0 Å². The van der Waals surface area contributed by atoms with Crippen LogP contribution in [0.25, 0.3) is 0 Å². The normalized spacial score (nSPS) is 35.4. The van der Waals surface area contributed by atoms with Crippen LogP contribution in [0.5, 0.6) is 0 Å². The van der Waals surface area contributed by atoms with Gasteiger partial charge in [0.25, 0.3) is 0 Å². The van der Waals surface area contributed by atoms with Crippen LogP contribution in [-0.4, -0.2) is 5.78 Å². The molecule has 0 aromatic rings. The number of halogens is 1. The Hall–Kier alpha value is -0.560. The smallest absolute Gasteiger partial charge is 0.134 e. The molecule has 0 amide bonds. The molecule has 2 aliphatic carbocycles. The molecule has 0 N–H and O–H groups in total. The first-order valence-corrected chi connectivity index (χ1v) is 4.21. The third kappa shape index (κ3) is 1.25. The summed E-state index contributed by atoms with van der Waals surface area (Å²) < 4.78 is 0. The van der Waals surface area contributed by atoms with Gasteiger partial charge in [-0.25, -0.2) is 0 Å². The van der Waals surface area contributed by atoms with Gasteiger partial charge >= 0.3 is 0 Å². The summed E-state index contributed by atoms with van der Waals surface area (Å²) in [4.78, 5) is 11.0. The molecule has 2 heteroatoms. The van der Waals surface area contributed by atoms with Crippen LogP contribution < -0.4 is 0 Å². The predicted octanol–water partition coefficient (Wildman–Crippen LogP) is 2.27. The molecule has 1 nitrogen and oxygen atoms in total. The van der Waals surface area contributed by atoms with Gasteiger partial charge in [0.1, 0.15) is 5.78 Å². The Bertz CT molecular complexity index is 252. The average molecular weight is 169 g/mol. The maximum absolute atomic E-state index is 11.0. The Kier molecular flexibility index (Phi) is 1.61. The van der Waals surface area contributed by atoms with Crippen molar-refractivity contribution in [3.05, 3.63) is 23.3 Å². The Balaban J connectivity index is 2.23. The number of Topliss-reactive ketones (excluding diaryl/α,β-unsaturated/α-hetero) is 1. The minimum absolute atomic E-state index is 0.368. The van der Waals surface area contributed by atoms with Crippen LogP contribution >= 0.6 is 11.6 Å². The molecular weight excluding hydrogens is 160 g/mol. The summed E-state index contributed by atoms with van der Waals surface area (Å²) in [5.74, 6) is 1.19. The van der Waals surface area contributed by atoms with E-state index in [-0.39, 0.29) is 0 Å². The Morgan fingerprint density at radius 1 is 1.36 bits per heavy atom. The minimum Gasteiger partial charge on any atom is -0.300 e. The van der Waals surface area contributed by atoms with Crippen LogP contribution in [0.2, 0.25) is 0 Å². The molecule has 0 aromatic carbocycles. The third-order valence-electron chi connectivity index (χ3n) is 2.35. The summed E-state index contributed by atoms with van der Waals surface area (Å²) in [6.07, 6.45) is 7.34. The van der Waals surface area contributed by atoms with Crippen molar-refractivity contribution < 1.29 is 4.79 Å². The molecular formula is C9H9ClO. The van der Waals surface area contributed by atoms with E-state index in [2.05, 4.69) is 6.08 Å². The molecule has 2 rings (SSSR count). The highest BCUT2D eigenvalue weighted by Gasteiger charge is 2.31. The number of hydrogen-bond donors (Lipinski definition) is 0. The standard InChI is InChI=1S/C9H9ClO/c10-8-2-1-6-4-9(11)5-7(6)3-8/h1-3,6-7H,4-5H2. The second kappa shape index (κ2) is 2.49. The fourth-order valence-electron chi connectivity index (χ4n) is 1.78. The van der Waals surface area contributed by atoms with E-state index in [1.54, 1.807) is 0 Å². The van der Waals surface area contributed by atoms with Gasteiger partial charge in [0.15, 0.2) is 0 Å². The van der Waals surface area contributed by atoms with E-state index in [4.69, 9.17) is 11.6 Å². The fourth-order valence-corrected chi connectivity index (χ4v) is 2.02. The van der Waals surface area contributed by atoms with Crippen LogP contribution in [0, 0.1) is 11.8 Å². The van der Waals surface area contributed by atoms with E-state index >= 15 is 0 Å². The lowest BCUT2D eigenvalue weighted by atomic mass is 9.92. The van der Waals surface area contributed by atoms with Crippen molar-refractivity contribution in [2.45, 2.75) is 12.8 Å². The summed E-state index contributed by atoms with van der Waals surface area (Å²) in [7, 11) is 0. The lowest BCUT2D eigenvalue weighted by molar-refractivity contribution is -0.117. The molecule has 58 valence electrons. The number of rotatable bonds is 0. The van der Waals surface area contributed by atoms with E-state index in [0.29, 0.717) is 30.5 Å². The van der Waals surface area contributed by atoms with Crippen molar-refractivity contribution in [2.75, 3.05) is 0 Å². The molecule has 0 aromatic heterocycles. The largest absolute Gasteiger partial charge is 0.300 e. The van der Waals surface area contributed by atoms with E-state index in [9.17, 15) is 4.79 Å². The average Bonchev–Trinajstić information content (AvgIpc) is 2.27. The quantitative estimate of drug-likeness (QED) is 0.543.